The standard InChI is InChI=1S/C69H39F3N10/c70-69(71,72)55-29-17-26-48(40-73)62(55)54-39-60(81-56-30-15-13-27-50(56)52-36-46(32-34-58(52)81)67-77-63(42-18-5-1-6-19-42)75-64(78-67)43-20-7-2-8-21-43)49(41-74)38-61(54)82-57-31-16-14-28-51(57)53-37-47(33-35-59(53)82)68-79-65(44-22-9-3-10-23-44)76-66(80-68)45-24-11-4-12-25-45/h1-39H. The molecule has 0 N–H and O–H groups in total. The second-order valence-corrected chi connectivity index (χ2v) is 19.6. The summed E-state index contributed by atoms with van der Waals surface area (Å²) in [6, 6.07) is 77.0. The summed E-state index contributed by atoms with van der Waals surface area (Å²) in [5.74, 6) is 2.81. The molecule has 4 aromatic heterocycles. The van der Waals surface area contributed by atoms with E-state index < -0.39 is 11.7 Å². The Balaban J connectivity index is 1.00. The maximum absolute atomic E-state index is 15.7. The van der Waals surface area contributed by atoms with E-state index in [1.807, 2.05) is 215 Å². The quantitative estimate of drug-likeness (QED) is 0.139. The lowest BCUT2D eigenvalue weighted by molar-refractivity contribution is -0.137. The van der Waals surface area contributed by atoms with Crippen LogP contribution in [0.25, 0.3) is 134 Å². The maximum atomic E-state index is 15.7. The van der Waals surface area contributed by atoms with Gasteiger partial charge in [-0.2, -0.15) is 23.7 Å². The molecule has 0 aliphatic carbocycles. The summed E-state index contributed by atoms with van der Waals surface area (Å²) < 4.78 is 50.8. The highest BCUT2D eigenvalue weighted by molar-refractivity contribution is 6.12. The molecule has 0 spiro atoms. The number of benzene rings is 10. The van der Waals surface area contributed by atoms with E-state index >= 15 is 13.2 Å². The van der Waals surface area contributed by atoms with Crippen LogP contribution in [0, 0.1) is 22.7 Å². The predicted molar refractivity (Wildman–Crippen MR) is 314 cm³/mol. The second kappa shape index (κ2) is 19.8. The van der Waals surface area contributed by atoms with Crippen molar-refractivity contribution in [3.63, 3.8) is 0 Å². The third kappa shape index (κ3) is 8.45. The molecule has 10 nitrogen and oxygen atoms in total. The summed E-state index contributed by atoms with van der Waals surface area (Å²) in [5, 5.41) is 25.3. The van der Waals surface area contributed by atoms with Crippen molar-refractivity contribution in [1.29, 1.82) is 10.5 Å². The van der Waals surface area contributed by atoms with Crippen LogP contribution >= 0.6 is 0 Å². The average molecular weight is 1070 g/mol. The Bertz CT molecular complexity index is 4810. The lowest BCUT2D eigenvalue weighted by atomic mass is 9.91. The minimum absolute atomic E-state index is 0.0808. The average Bonchev–Trinajstić information content (AvgIpc) is 2.58. The van der Waals surface area contributed by atoms with Gasteiger partial charge in [-0.3, -0.25) is 0 Å². The highest BCUT2D eigenvalue weighted by Gasteiger charge is 2.36. The van der Waals surface area contributed by atoms with Crippen LogP contribution in [0.3, 0.4) is 0 Å². The number of halogens is 3. The van der Waals surface area contributed by atoms with Crippen molar-refractivity contribution in [1.82, 2.24) is 39.0 Å². The Labute approximate surface area is 466 Å². The van der Waals surface area contributed by atoms with Crippen LogP contribution in [0.2, 0.25) is 0 Å². The minimum atomic E-state index is -4.88. The molecular formula is C69H39F3N10. The van der Waals surface area contributed by atoms with E-state index in [1.54, 1.807) is 12.1 Å². The normalized spacial score (nSPS) is 11.6. The molecule has 0 bridgehead atoms. The van der Waals surface area contributed by atoms with E-state index in [0.29, 0.717) is 73.8 Å². The molecule has 0 unspecified atom stereocenters. The molecule has 0 aliphatic heterocycles. The van der Waals surface area contributed by atoms with E-state index in [1.165, 1.54) is 12.1 Å². The van der Waals surface area contributed by atoms with Crippen LogP contribution in [-0.2, 0) is 6.18 Å². The molecule has 14 aromatic rings. The first kappa shape index (κ1) is 48.9. The van der Waals surface area contributed by atoms with Crippen molar-refractivity contribution in [3.8, 4) is 103 Å². The number of nitriles is 2. The second-order valence-electron chi connectivity index (χ2n) is 19.6. The van der Waals surface area contributed by atoms with E-state index in [2.05, 4.69) is 12.1 Å². The van der Waals surface area contributed by atoms with Crippen LogP contribution in [-0.4, -0.2) is 39.0 Å². The van der Waals surface area contributed by atoms with Gasteiger partial charge in [-0.1, -0.05) is 164 Å². The fourth-order valence-electron chi connectivity index (χ4n) is 11.0. The van der Waals surface area contributed by atoms with Crippen molar-refractivity contribution >= 4 is 43.6 Å². The van der Waals surface area contributed by atoms with Crippen LogP contribution in [0.1, 0.15) is 16.7 Å². The van der Waals surface area contributed by atoms with E-state index in [9.17, 15) is 10.5 Å². The number of aromatic nitrogens is 8. The van der Waals surface area contributed by atoms with Crippen LogP contribution < -0.4 is 0 Å². The third-order valence-corrected chi connectivity index (χ3v) is 14.7. The van der Waals surface area contributed by atoms with Gasteiger partial charge in [-0.25, -0.2) is 29.9 Å². The molecule has 0 aliphatic rings. The fraction of sp³-hybridized carbons (Fsp3) is 0.0145. The van der Waals surface area contributed by atoms with Gasteiger partial charge in [-0.05, 0) is 72.8 Å². The van der Waals surface area contributed by atoms with Crippen LogP contribution in [0.4, 0.5) is 13.2 Å². The molecule has 0 saturated heterocycles. The molecule has 0 atom stereocenters. The molecule has 0 fully saturated rings. The van der Waals surface area contributed by atoms with Gasteiger partial charge in [0.1, 0.15) is 6.07 Å². The van der Waals surface area contributed by atoms with Gasteiger partial charge in [0.2, 0.25) is 0 Å². The molecule has 82 heavy (non-hydrogen) atoms. The summed E-state index contributed by atoms with van der Waals surface area (Å²) in [6.07, 6.45) is -4.88. The Kier molecular flexibility index (Phi) is 11.8. The first-order chi connectivity index (χ1) is 40.2. The zero-order chi connectivity index (χ0) is 55.5. The number of alkyl halides is 3. The highest BCUT2D eigenvalue weighted by atomic mass is 19.4. The zero-order valence-electron chi connectivity index (χ0n) is 43.1. The van der Waals surface area contributed by atoms with Gasteiger partial charge < -0.3 is 9.13 Å². The Morgan fingerprint density at radius 1 is 0.317 bits per heavy atom. The molecule has 4 heterocycles. The summed E-state index contributed by atoms with van der Waals surface area (Å²) in [7, 11) is 0. The molecule has 0 saturated carbocycles. The third-order valence-electron chi connectivity index (χ3n) is 14.7. The Morgan fingerprint density at radius 2 is 0.683 bits per heavy atom. The largest absolute Gasteiger partial charge is 0.417 e. The van der Waals surface area contributed by atoms with E-state index in [4.69, 9.17) is 29.9 Å². The number of hydrogen-bond donors (Lipinski definition) is 0. The van der Waals surface area contributed by atoms with Crippen molar-refractivity contribution in [2.45, 2.75) is 6.18 Å². The predicted octanol–water partition coefficient (Wildman–Crippen LogP) is 16.7. The first-order valence-corrected chi connectivity index (χ1v) is 26.2. The fourth-order valence-corrected chi connectivity index (χ4v) is 11.0. The van der Waals surface area contributed by atoms with Gasteiger partial charge in [0, 0.05) is 66.1 Å². The Hall–Kier alpha value is -11.4. The van der Waals surface area contributed by atoms with Crippen molar-refractivity contribution < 1.29 is 13.2 Å². The van der Waals surface area contributed by atoms with Gasteiger partial charge >= 0.3 is 6.18 Å². The van der Waals surface area contributed by atoms with E-state index in [0.717, 1.165) is 49.9 Å². The van der Waals surface area contributed by atoms with Gasteiger partial charge in [0.15, 0.2) is 34.9 Å². The molecular weight excluding hydrogens is 1030 g/mol. The summed E-state index contributed by atoms with van der Waals surface area (Å²) in [6.45, 7) is 0. The number of nitrogens with zero attached hydrogens (tertiary/aromatic N) is 10. The number of fused-ring (bicyclic) bond motifs is 6. The first-order valence-electron chi connectivity index (χ1n) is 26.2. The minimum Gasteiger partial charge on any atom is -0.309 e. The van der Waals surface area contributed by atoms with Gasteiger partial charge in [0.05, 0.1) is 56.2 Å². The zero-order valence-corrected chi connectivity index (χ0v) is 43.1. The van der Waals surface area contributed by atoms with Crippen molar-refractivity contribution in [2.75, 3.05) is 0 Å². The molecule has 14 rings (SSSR count). The van der Waals surface area contributed by atoms with Crippen LogP contribution in [0.15, 0.2) is 237 Å². The maximum Gasteiger partial charge on any atom is 0.417 e. The number of rotatable bonds is 9. The molecule has 0 amide bonds. The smallest absolute Gasteiger partial charge is 0.309 e. The monoisotopic (exact) mass is 1060 g/mol. The van der Waals surface area contributed by atoms with Crippen molar-refractivity contribution in [3.05, 3.63) is 253 Å². The summed E-state index contributed by atoms with van der Waals surface area (Å²) in [4.78, 5) is 29.7. The highest BCUT2D eigenvalue weighted by Crippen LogP contribution is 2.46. The summed E-state index contributed by atoms with van der Waals surface area (Å²) in [5.41, 5.74) is 6.53. The summed E-state index contributed by atoms with van der Waals surface area (Å²) >= 11 is 0. The Morgan fingerprint density at radius 3 is 1.09 bits per heavy atom. The SMILES string of the molecule is N#Cc1cc(-n2c3ccccc3c3cc(-c4nc(-c5ccccc5)nc(-c5ccccc5)n4)ccc32)c(-c2c(C#N)cccc2C(F)(F)F)cc1-n1c2ccccc2c2cc(-c3nc(-c4ccccc4)nc(-c4ccccc4)n3)ccc21. The number of hydrogen-bond acceptors (Lipinski definition) is 8. The molecule has 386 valence electrons. The van der Waals surface area contributed by atoms with Gasteiger partial charge in [-0.15, -0.1) is 0 Å². The molecule has 0 radical (unpaired) electrons. The molecule has 10 aromatic carbocycles. The topological polar surface area (TPSA) is 135 Å². The molecule has 13 heteroatoms. The van der Waals surface area contributed by atoms with Gasteiger partial charge in [0.25, 0.3) is 0 Å². The van der Waals surface area contributed by atoms with Crippen LogP contribution in [0.5, 0.6) is 0 Å². The number of para-hydroxylation sites is 2. The van der Waals surface area contributed by atoms with E-state index in [-0.39, 0.29) is 27.9 Å². The lowest BCUT2D eigenvalue weighted by Gasteiger charge is -2.22. The lowest BCUT2D eigenvalue weighted by Crippen LogP contribution is -2.11. The van der Waals surface area contributed by atoms with Crippen molar-refractivity contribution in [2.24, 2.45) is 0 Å².